The van der Waals surface area contributed by atoms with Gasteiger partial charge in [0.25, 0.3) is 0 Å². The fraction of sp³-hybridized carbons (Fsp3) is 0.857. The quantitative estimate of drug-likeness (QED) is 0.303. The van der Waals surface area contributed by atoms with Gasteiger partial charge in [0.1, 0.15) is 0 Å². The number of nitrogens with two attached hydrogens (primary N) is 1. The summed E-state index contributed by atoms with van der Waals surface area (Å²) in [6.07, 6.45) is -2.70. The predicted molar refractivity (Wildman–Crippen MR) is 102 cm³/mol. The topological polar surface area (TPSA) is 86.0 Å². The zero-order valence-corrected chi connectivity index (χ0v) is 16.9. The molecule has 0 radical (unpaired) electrons. The number of alkyl halides is 3. The van der Waals surface area contributed by atoms with Gasteiger partial charge in [-0.15, -0.1) is 24.0 Å². The molecule has 0 saturated carbocycles. The number of urea groups is 1. The summed E-state index contributed by atoms with van der Waals surface area (Å²) < 4.78 is 36.8. The molecule has 1 fully saturated rings. The molecular weight excluding hydrogens is 452 g/mol. The van der Waals surface area contributed by atoms with E-state index in [1.165, 1.54) is 11.9 Å². The molecule has 1 rings (SSSR count). The number of carbonyl (C=O) groups is 1. The van der Waals surface area contributed by atoms with Gasteiger partial charge in [-0.3, -0.25) is 9.89 Å². The van der Waals surface area contributed by atoms with E-state index < -0.39 is 18.8 Å². The first-order valence-electron chi connectivity index (χ1n) is 8.05. The summed E-state index contributed by atoms with van der Waals surface area (Å²) in [5, 5.41) is 6.34. The molecule has 0 spiro atoms. The third-order valence-corrected chi connectivity index (χ3v) is 3.69. The third-order valence-electron chi connectivity index (χ3n) is 3.69. The summed E-state index contributed by atoms with van der Waals surface area (Å²) >= 11 is 0. The second-order valence-corrected chi connectivity index (χ2v) is 5.86. The van der Waals surface area contributed by atoms with Crippen molar-refractivity contribution in [2.24, 2.45) is 10.7 Å². The van der Waals surface area contributed by atoms with Crippen LogP contribution in [0.15, 0.2) is 4.99 Å². The van der Waals surface area contributed by atoms with Crippen LogP contribution in [0.5, 0.6) is 0 Å². The van der Waals surface area contributed by atoms with Crippen LogP contribution >= 0.6 is 24.0 Å². The van der Waals surface area contributed by atoms with E-state index in [1.807, 2.05) is 6.92 Å². The van der Waals surface area contributed by atoms with Crippen LogP contribution in [-0.4, -0.2) is 80.3 Å². The van der Waals surface area contributed by atoms with Crippen molar-refractivity contribution in [2.45, 2.75) is 32.0 Å². The van der Waals surface area contributed by atoms with Gasteiger partial charge in [-0.2, -0.15) is 13.2 Å². The van der Waals surface area contributed by atoms with Crippen LogP contribution in [0, 0.1) is 0 Å². The van der Waals surface area contributed by atoms with Crippen LogP contribution in [0.2, 0.25) is 0 Å². The maximum Gasteiger partial charge on any atom is 0.401 e. The average molecular weight is 480 g/mol. The summed E-state index contributed by atoms with van der Waals surface area (Å²) in [4.78, 5) is 18.2. The van der Waals surface area contributed by atoms with Gasteiger partial charge in [-0.05, 0) is 26.8 Å². The summed E-state index contributed by atoms with van der Waals surface area (Å²) in [6, 6.07) is -0.256. The Kier molecular flexibility index (Phi) is 11.1. The lowest BCUT2D eigenvalue weighted by Gasteiger charge is -2.32. The number of hydrogen-bond acceptors (Lipinski definition) is 3. The SMILES string of the molecule is CCNC(=NCCN(C)CC(F)(F)F)NC1CCN(C(N)=O)CC1.I. The number of nitrogens with one attached hydrogen (secondary N) is 2. The zero-order chi connectivity index (χ0) is 18.2. The van der Waals surface area contributed by atoms with Gasteiger partial charge in [-0.25, -0.2) is 4.79 Å². The third kappa shape index (κ3) is 10.6. The monoisotopic (exact) mass is 480 g/mol. The Balaban J connectivity index is 0.00000576. The Hall–Kier alpha value is -0.980. The first-order valence-corrected chi connectivity index (χ1v) is 8.05. The van der Waals surface area contributed by atoms with Crippen LogP contribution < -0.4 is 16.4 Å². The minimum absolute atomic E-state index is 0. The number of likely N-dealkylation sites (N-methyl/N-ethyl adjacent to an activating group) is 1. The highest BCUT2D eigenvalue weighted by Gasteiger charge is 2.28. The van der Waals surface area contributed by atoms with E-state index in [4.69, 9.17) is 5.73 Å². The molecule has 1 aliphatic rings. The van der Waals surface area contributed by atoms with E-state index in [9.17, 15) is 18.0 Å². The van der Waals surface area contributed by atoms with Crippen LogP contribution in [0.25, 0.3) is 0 Å². The first kappa shape index (κ1) is 24.0. The Bertz CT molecular complexity index is 427. The fourth-order valence-corrected chi connectivity index (χ4v) is 2.48. The molecule has 25 heavy (non-hydrogen) atoms. The summed E-state index contributed by atoms with van der Waals surface area (Å²) in [5.74, 6) is 0.579. The van der Waals surface area contributed by atoms with Crippen molar-refractivity contribution in [3.8, 4) is 0 Å². The highest BCUT2D eigenvalue weighted by molar-refractivity contribution is 14.0. The number of guanidine groups is 1. The molecule has 0 atom stereocenters. The van der Waals surface area contributed by atoms with Crippen LogP contribution in [0.4, 0.5) is 18.0 Å². The normalized spacial score (nSPS) is 16.6. The van der Waals surface area contributed by atoms with E-state index in [0.29, 0.717) is 25.6 Å². The molecule has 0 bridgehead atoms. The lowest BCUT2D eigenvalue weighted by molar-refractivity contribution is -0.142. The van der Waals surface area contributed by atoms with E-state index in [0.717, 1.165) is 12.8 Å². The van der Waals surface area contributed by atoms with Crippen molar-refractivity contribution in [2.75, 3.05) is 46.3 Å². The van der Waals surface area contributed by atoms with Gasteiger partial charge in [0, 0.05) is 32.2 Å². The van der Waals surface area contributed by atoms with E-state index >= 15 is 0 Å². The van der Waals surface area contributed by atoms with Gasteiger partial charge in [-0.1, -0.05) is 0 Å². The number of piperidine rings is 1. The molecule has 2 amide bonds. The lowest BCUT2D eigenvalue weighted by Crippen LogP contribution is -2.50. The Labute approximate surface area is 163 Å². The number of amides is 2. The molecule has 0 aliphatic carbocycles. The summed E-state index contributed by atoms with van der Waals surface area (Å²) in [5.41, 5.74) is 5.25. The Morgan fingerprint density at radius 2 is 1.96 bits per heavy atom. The fourth-order valence-electron chi connectivity index (χ4n) is 2.48. The Morgan fingerprint density at radius 1 is 1.36 bits per heavy atom. The Morgan fingerprint density at radius 3 is 2.44 bits per heavy atom. The minimum Gasteiger partial charge on any atom is -0.357 e. The molecule has 148 valence electrons. The number of likely N-dealkylation sites (tertiary alicyclic amines) is 1. The van der Waals surface area contributed by atoms with Gasteiger partial charge in [0.2, 0.25) is 0 Å². The highest BCUT2D eigenvalue weighted by atomic mass is 127. The molecule has 1 aliphatic heterocycles. The molecule has 0 unspecified atom stereocenters. The van der Waals surface area contributed by atoms with E-state index in [1.54, 1.807) is 4.90 Å². The molecular formula is C14H28F3IN6O. The highest BCUT2D eigenvalue weighted by Crippen LogP contribution is 2.15. The number of rotatable bonds is 6. The average Bonchev–Trinajstić information content (AvgIpc) is 2.46. The van der Waals surface area contributed by atoms with Crippen molar-refractivity contribution in [3.05, 3.63) is 0 Å². The number of hydrogen-bond donors (Lipinski definition) is 3. The molecule has 11 heteroatoms. The van der Waals surface area contributed by atoms with Crippen molar-refractivity contribution in [1.29, 1.82) is 0 Å². The molecule has 1 heterocycles. The first-order chi connectivity index (χ1) is 11.2. The van der Waals surface area contributed by atoms with E-state index in [2.05, 4.69) is 15.6 Å². The van der Waals surface area contributed by atoms with E-state index in [-0.39, 0.29) is 43.1 Å². The molecule has 0 aromatic heterocycles. The van der Waals surface area contributed by atoms with Crippen LogP contribution in [0.3, 0.4) is 0 Å². The summed E-state index contributed by atoms with van der Waals surface area (Å²) in [6.45, 7) is 3.28. The van der Waals surface area contributed by atoms with Crippen LogP contribution in [-0.2, 0) is 0 Å². The second kappa shape index (κ2) is 11.6. The minimum atomic E-state index is -4.20. The predicted octanol–water partition coefficient (Wildman–Crippen LogP) is 1.20. The van der Waals surface area contributed by atoms with Crippen molar-refractivity contribution >= 4 is 36.0 Å². The van der Waals surface area contributed by atoms with Crippen molar-refractivity contribution < 1.29 is 18.0 Å². The second-order valence-electron chi connectivity index (χ2n) is 5.86. The van der Waals surface area contributed by atoms with Crippen molar-refractivity contribution in [3.63, 3.8) is 0 Å². The van der Waals surface area contributed by atoms with Crippen molar-refractivity contribution in [1.82, 2.24) is 20.4 Å². The number of aliphatic imine (C=N–C) groups is 1. The maximum absolute atomic E-state index is 12.3. The zero-order valence-electron chi connectivity index (χ0n) is 14.6. The van der Waals surface area contributed by atoms with Crippen LogP contribution in [0.1, 0.15) is 19.8 Å². The summed E-state index contributed by atoms with van der Waals surface area (Å²) in [7, 11) is 1.42. The number of primary amides is 1. The van der Waals surface area contributed by atoms with Gasteiger partial charge in [0.05, 0.1) is 13.1 Å². The molecule has 7 nitrogen and oxygen atoms in total. The smallest absolute Gasteiger partial charge is 0.357 e. The van der Waals surface area contributed by atoms with Gasteiger partial charge < -0.3 is 21.3 Å². The lowest BCUT2D eigenvalue weighted by atomic mass is 10.1. The van der Waals surface area contributed by atoms with Gasteiger partial charge in [0.15, 0.2) is 5.96 Å². The number of nitrogens with zero attached hydrogens (tertiary/aromatic N) is 3. The molecule has 0 aromatic carbocycles. The maximum atomic E-state index is 12.3. The molecule has 4 N–H and O–H groups in total. The number of carbonyl (C=O) groups excluding carboxylic acids is 1. The van der Waals surface area contributed by atoms with Gasteiger partial charge >= 0.3 is 12.2 Å². The molecule has 1 saturated heterocycles. The largest absolute Gasteiger partial charge is 0.401 e. The number of halogens is 4. The molecule has 0 aromatic rings. The standard InChI is InChI=1S/C14H27F3N6O.HI/c1-3-19-13(20-6-9-22(2)10-14(15,16)17)21-11-4-7-23(8-5-11)12(18)24;/h11H,3-10H2,1-2H3,(H2,18,24)(H2,19,20,21);1H.